The summed E-state index contributed by atoms with van der Waals surface area (Å²) >= 11 is 0. The normalized spacial score (nSPS) is 19.4. The van der Waals surface area contributed by atoms with Gasteiger partial charge in [0, 0.05) is 23.6 Å². The predicted octanol–water partition coefficient (Wildman–Crippen LogP) is 1.64. The second-order valence-electron chi connectivity index (χ2n) is 8.07. The quantitative estimate of drug-likeness (QED) is 0.522. The fourth-order valence-corrected chi connectivity index (χ4v) is 4.07. The van der Waals surface area contributed by atoms with Gasteiger partial charge in [-0.25, -0.2) is 4.79 Å². The number of carboxylic acids is 1. The van der Waals surface area contributed by atoms with Crippen LogP contribution in [0.3, 0.4) is 0 Å². The number of carbonyl (C=O) groups excluding carboxylic acids is 2. The van der Waals surface area contributed by atoms with E-state index in [1.807, 2.05) is 37.4 Å². The molecule has 4 atom stereocenters. The van der Waals surface area contributed by atoms with Gasteiger partial charge in [0.25, 0.3) is 0 Å². The van der Waals surface area contributed by atoms with E-state index in [1.165, 1.54) is 4.90 Å². The van der Waals surface area contributed by atoms with Crippen molar-refractivity contribution in [2.45, 2.75) is 57.7 Å². The third kappa shape index (κ3) is 4.48. The standard InChI is InChI=1S/C22H30N4O4/c1-3-13(2)19(22(29)30)25-20(27)18-9-6-10-26(18)21(28)16(23)11-14-12-24-17-8-5-4-7-15(14)17/h4-5,7-8,12-13,16,18-19,24H,3,6,9-11,23H2,1-2H3,(H,25,27)(H,29,30). The number of nitrogens with one attached hydrogen (secondary N) is 2. The lowest BCUT2D eigenvalue weighted by Crippen LogP contribution is -2.55. The molecule has 4 unspecified atom stereocenters. The van der Waals surface area contributed by atoms with Gasteiger partial charge in [-0.2, -0.15) is 0 Å². The van der Waals surface area contributed by atoms with E-state index in [9.17, 15) is 19.5 Å². The van der Waals surface area contributed by atoms with Gasteiger partial charge in [-0.05, 0) is 36.8 Å². The first-order valence-corrected chi connectivity index (χ1v) is 10.5. The summed E-state index contributed by atoms with van der Waals surface area (Å²) in [6.07, 6.45) is 4.03. The number of nitrogens with zero attached hydrogens (tertiary/aromatic N) is 1. The molecule has 1 aliphatic heterocycles. The monoisotopic (exact) mass is 414 g/mol. The molecule has 0 bridgehead atoms. The van der Waals surface area contributed by atoms with Gasteiger partial charge in [-0.15, -0.1) is 0 Å². The molecule has 1 aromatic heterocycles. The molecule has 1 fully saturated rings. The third-order valence-electron chi connectivity index (χ3n) is 6.05. The molecule has 2 amide bonds. The highest BCUT2D eigenvalue weighted by Crippen LogP contribution is 2.22. The van der Waals surface area contributed by atoms with Crippen LogP contribution in [0.25, 0.3) is 10.9 Å². The van der Waals surface area contributed by atoms with Gasteiger partial charge in [0.15, 0.2) is 0 Å². The maximum Gasteiger partial charge on any atom is 0.326 e. The lowest BCUT2D eigenvalue weighted by atomic mass is 9.98. The van der Waals surface area contributed by atoms with Crippen LogP contribution < -0.4 is 11.1 Å². The number of carboxylic acid groups (broad SMARTS) is 1. The number of aromatic nitrogens is 1. The van der Waals surface area contributed by atoms with Crippen molar-refractivity contribution in [2.24, 2.45) is 11.7 Å². The minimum atomic E-state index is -1.07. The van der Waals surface area contributed by atoms with Gasteiger partial charge in [-0.1, -0.05) is 38.5 Å². The van der Waals surface area contributed by atoms with Crippen molar-refractivity contribution in [2.75, 3.05) is 6.54 Å². The van der Waals surface area contributed by atoms with Crippen LogP contribution in [-0.4, -0.2) is 57.4 Å². The molecule has 8 nitrogen and oxygen atoms in total. The number of H-pyrrole nitrogens is 1. The van der Waals surface area contributed by atoms with Gasteiger partial charge in [0.1, 0.15) is 12.1 Å². The van der Waals surface area contributed by atoms with E-state index in [4.69, 9.17) is 5.73 Å². The van der Waals surface area contributed by atoms with Crippen LogP contribution in [-0.2, 0) is 20.8 Å². The fraction of sp³-hybridized carbons (Fsp3) is 0.500. The van der Waals surface area contributed by atoms with E-state index in [-0.39, 0.29) is 11.8 Å². The first-order valence-electron chi connectivity index (χ1n) is 10.5. The Morgan fingerprint density at radius 3 is 2.77 bits per heavy atom. The van der Waals surface area contributed by atoms with Gasteiger partial charge in [0.2, 0.25) is 11.8 Å². The van der Waals surface area contributed by atoms with Crippen molar-refractivity contribution >= 4 is 28.7 Å². The van der Waals surface area contributed by atoms with Gasteiger partial charge in [0.05, 0.1) is 6.04 Å². The zero-order valence-corrected chi connectivity index (χ0v) is 17.4. The van der Waals surface area contributed by atoms with Crippen LogP contribution >= 0.6 is 0 Å². The molecule has 162 valence electrons. The highest BCUT2D eigenvalue weighted by molar-refractivity contribution is 5.93. The number of amides is 2. The van der Waals surface area contributed by atoms with Crippen molar-refractivity contribution in [3.05, 3.63) is 36.0 Å². The first kappa shape index (κ1) is 21.8. The van der Waals surface area contributed by atoms with Gasteiger partial charge >= 0.3 is 5.97 Å². The summed E-state index contributed by atoms with van der Waals surface area (Å²) in [7, 11) is 0. The molecule has 5 N–H and O–H groups in total. The summed E-state index contributed by atoms with van der Waals surface area (Å²) in [6, 6.07) is 5.38. The molecule has 1 saturated heterocycles. The highest BCUT2D eigenvalue weighted by atomic mass is 16.4. The van der Waals surface area contributed by atoms with E-state index in [2.05, 4.69) is 10.3 Å². The average Bonchev–Trinajstić information content (AvgIpc) is 3.38. The molecule has 8 heteroatoms. The first-order chi connectivity index (χ1) is 14.3. The summed E-state index contributed by atoms with van der Waals surface area (Å²) in [5.74, 6) is -1.98. The van der Waals surface area contributed by atoms with Crippen LogP contribution in [0.1, 0.15) is 38.7 Å². The number of fused-ring (bicyclic) bond motifs is 1. The molecule has 0 spiro atoms. The number of aromatic amines is 1. The number of hydrogen-bond acceptors (Lipinski definition) is 4. The summed E-state index contributed by atoms with van der Waals surface area (Å²) in [5, 5.41) is 13.1. The smallest absolute Gasteiger partial charge is 0.326 e. The molecule has 3 rings (SSSR count). The Balaban J connectivity index is 1.68. The second-order valence-corrected chi connectivity index (χ2v) is 8.07. The number of carbonyl (C=O) groups is 3. The van der Waals surface area contributed by atoms with E-state index in [0.29, 0.717) is 32.2 Å². The SMILES string of the molecule is CCC(C)C(NC(=O)C1CCCN1C(=O)C(N)Cc1c[nH]c2ccccc12)C(=O)O. The Kier molecular flexibility index (Phi) is 6.77. The van der Waals surface area contributed by atoms with E-state index in [1.54, 1.807) is 6.92 Å². The predicted molar refractivity (Wildman–Crippen MR) is 114 cm³/mol. The number of hydrogen-bond donors (Lipinski definition) is 4. The molecule has 2 aromatic rings. The molecule has 1 aromatic carbocycles. The molecule has 0 aliphatic carbocycles. The number of para-hydroxylation sites is 1. The zero-order chi connectivity index (χ0) is 21.8. The summed E-state index contributed by atoms with van der Waals surface area (Å²) < 4.78 is 0. The third-order valence-corrected chi connectivity index (χ3v) is 6.05. The van der Waals surface area contributed by atoms with Crippen molar-refractivity contribution in [1.82, 2.24) is 15.2 Å². The Hall–Kier alpha value is -2.87. The topological polar surface area (TPSA) is 129 Å². The lowest BCUT2D eigenvalue weighted by molar-refractivity contribution is -0.145. The second kappa shape index (κ2) is 9.30. The molecule has 30 heavy (non-hydrogen) atoms. The van der Waals surface area contributed by atoms with Crippen LogP contribution in [0.15, 0.2) is 30.5 Å². The van der Waals surface area contributed by atoms with E-state index >= 15 is 0 Å². The number of nitrogens with two attached hydrogens (primary N) is 1. The average molecular weight is 415 g/mol. The van der Waals surface area contributed by atoms with Crippen LogP contribution in [0, 0.1) is 5.92 Å². The van der Waals surface area contributed by atoms with E-state index in [0.717, 1.165) is 16.5 Å². The Bertz CT molecular complexity index is 925. The van der Waals surface area contributed by atoms with Crippen molar-refractivity contribution in [3.8, 4) is 0 Å². The molecular formula is C22H30N4O4. The Morgan fingerprint density at radius 1 is 1.33 bits per heavy atom. The highest BCUT2D eigenvalue weighted by Gasteiger charge is 2.38. The fourth-order valence-electron chi connectivity index (χ4n) is 4.07. The summed E-state index contributed by atoms with van der Waals surface area (Å²) in [4.78, 5) is 42.0. The largest absolute Gasteiger partial charge is 0.480 e. The molecule has 0 radical (unpaired) electrons. The van der Waals surface area contributed by atoms with E-state index < -0.39 is 30.0 Å². The Morgan fingerprint density at radius 2 is 2.07 bits per heavy atom. The zero-order valence-electron chi connectivity index (χ0n) is 17.4. The van der Waals surface area contributed by atoms with Gasteiger partial charge < -0.3 is 26.0 Å². The molecule has 0 saturated carbocycles. The molecule has 2 heterocycles. The number of benzene rings is 1. The minimum Gasteiger partial charge on any atom is -0.480 e. The minimum absolute atomic E-state index is 0.207. The Labute approximate surface area is 175 Å². The lowest BCUT2D eigenvalue weighted by Gasteiger charge is -2.28. The number of likely N-dealkylation sites (tertiary alicyclic amines) is 1. The number of aliphatic carboxylic acids is 1. The van der Waals surface area contributed by atoms with Crippen LogP contribution in [0.5, 0.6) is 0 Å². The van der Waals surface area contributed by atoms with Crippen molar-refractivity contribution in [1.29, 1.82) is 0 Å². The summed E-state index contributed by atoms with van der Waals surface area (Å²) in [6.45, 7) is 4.11. The van der Waals surface area contributed by atoms with Crippen molar-refractivity contribution in [3.63, 3.8) is 0 Å². The molecular weight excluding hydrogens is 384 g/mol. The summed E-state index contributed by atoms with van der Waals surface area (Å²) in [5.41, 5.74) is 8.16. The van der Waals surface area contributed by atoms with Gasteiger partial charge in [-0.3, -0.25) is 9.59 Å². The van der Waals surface area contributed by atoms with Crippen molar-refractivity contribution < 1.29 is 19.5 Å². The van der Waals surface area contributed by atoms with Crippen LogP contribution in [0.4, 0.5) is 0 Å². The molecule has 1 aliphatic rings. The maximum atomic E-state index is 13.0. The van der Waals surface area contributed by atoms with Crippen LogP contribution in [0.2, 0.25) is 0 Å². The number of rotatable bonds is 8. The maximum absolute atomic E-state index is 13.0.